The first-order valence-electron chi connectivity index (χ1n) is 6.97. The first kappa shape index (κ1) is 22.8. The Bertz CT molecular complexity index is 434. The number of carbonyl (C=O) groups is 2. The predicted molar refractivity (Wildman–Crippen MR) is 93.9 cm³/mol. The summed E-state index contributed by atoms with van der Waals surface area (Å²) in [6, 6.07) is -1.27. The highest BCUT2D eigenvalue weighted by Crippen LogP contribution is 2.37. The van der Waals surface area contributed by atoms with Crippen molar-refractivity contribution in [2.75, 3.05) is 6.61 Å². The number of hydrogen-bond donors (Lipinski definition) is 2. The lowest BCUT2D eigenvalue weighted by Crippen LogP contribution is -2.54. The van der Waals surface area contributed by atoms with Crippen LogP contribution in [0.4, 0.5) is 4.79 Å². The van der Waals surface area contributed by atoms with Gasteiger partial charge in [0, 0.05) is 0 Å². The van der Waals surface area contributed by atoms with Crippen LogP contribution in [0, 0.1) is 0 Å². The van der Waals surface area contributed by atoms with E-state index in [1.165, 1.54) is 0 Å². The van der Waals surface area contributed by atoms with Crippen molar-refractivity contribution < 1.29 is 23.9 Å². The molecule has 1 amide bonds. The van der Waals surface area contributed by atoms with E-state index in [-0.39, 0.29) is 5.04 Å². The van der Waals surface area contributed by atoms with Crippen molar-refractivity contribution >= 4 is 55.2 Å². The molecule has 136 valence electrons. The molecule has 0 saturated carbocycles. The van der Waals surface area contributed by atoms with E-state index >= 15 is 0 Å². The standard InChI is InChI=1S/C13H24Cl3NO5Si/c1-8(22-23(5,6)12(2,3)4)9(10(18)19)17-11(20)21-7-13(14,15)16/h8-9H,7H2,1-6H3,(H,17,20)(H,18,19)/t8?,9-/m0/s1. The normalized spacial score (nSPS) is 15.7. The molecule has 0 aliphatic rings. The number of ether oxygens (including phenoxy) is 1. The van der Waals surface area contributed by atoms with Gasteiger partial charge in [0.1, 0.15) is 6.61 Å². The highest BCUT2D eigenvalue weighted by molar-refractivity contribution is 6.74. The molecule has 0 radical (unpaired) electrons. The summed E-state index contributed by atoms with van der Waals surface area (Å²) in [6.45, 7) is 11.2. The van der Waals surface area contributed by atoms with Crippen LogP contribution in [0.3, 0.4) is 0 Å². The summed E-state index contributed by atoms with van der Waals surface area (Å²) in [6.07, 6.45) is -1.73. The second-order valence-corrected chi connectivity index (χ2v) is 14.0. The zero-order valence-electron chi connectivity index (χ0n) is 14.1. The van der Waals surface area contributed by atoms with Crippen molar-refractivity contribution in [3.8, 4) is 0 Å². The zero-order chi connectivity index (χ0) is 18.6. The molecule has 0 fully saturated rings. The molecule has 0 aromatic rings. The Morgan fingerprint density at radius 1 is 1.22 bits per heavy atom. The van der Waals surface area contributed by atoms with Gasteiger partial charge in [-0.2, -0.15) is 0 Å². The van der Waals surface area contributed by atoms with Gasteiger partial charge >= 0.3 is 12.1 Å². The molecular formula is C13H24Cl3NO5Si. The van der Waals surface area contributed by atoms with Crippen molar-refractivity contribution in [3.63, 3.8) is 0 Å². The molecule has 6 nitrogen and oxygen atoms in total. The Hall–Kier alpha value is -0.213. The van der Waals surface area contributed by atoms with Crippen molar-refractivity contribution in [3.05, 3.63) is 0 Å². The number of carboxylic acids is 1. The number of carbonyl (C=O) groups excluding carboxylic acids is 1. The number of amides is 1. The fraction of sp³-hybridized carbons (Fsp3) is 0.846. The van der Waals surface area contributed by atoms with Crippen molar-refractivity contribution in [2.24, 2.45) is 0 Å². The summed E-state index contributed by atoms with van der Waals surface area (Å²) >= 11 is 16.4. The van der Waals surface area contributed by atoms with E-state index in [0.29, 0.717) is 0 Å². The lowest BCUT2D eigenvalue weighted by atomic mass is 10.2. The Kier molecular flexibility index (Phi) is 8.17. The molecule has 23 heavy (non-hydrogen) atoms. The van der Waals surface area contributed by atoms with E-state index in [0.717, 1.165) is 0 Å². The fourth-order valence-corrected chi connectivity index (χ4v) is 2.99. The number of alkyl halides is 3. The second kappa shape index (κ2) is 8.25. The third-order valence-corrected chi connectivity index (χ3v) is 8.56. The smallest absolute Gasteiger partial charge is 0.408 e. The largest absolute Gasteiger partial charge is 0.480 e. The van der Waals surface area contributed by atoms with Crippen LogP contribution < -0.4 is 5.32 Å². The minimum atomic E-state index is -2.19. The maximum Gasteiger partial charge on any atom is 0.408 e. The lowest BCUT2D eigenvalue weighted by Gasteiger charge is -2.39. The van der Waals surface area contributed by atoms with E-state index in [1.54, 1.807) is 6.92 Å². The van der Waals surface area contributed by atoms with Gasteiger partial charge in [0.15, 0.2) is 14.4 Å². The number of aliphatic carboxylic acids is 1. The Morgan fingerprint density at radius 2 is 1.70 bits per heavy atom. The van der Waals surface area contributed by atoms with Crippen LogP contribution >= 0.6 is 34.8 Å². The van der Waals surface area contributed by atoms with Crippen molar-refractivity contribution in [1.29, 1.82) is 0 Å². The van der Waals surface area contributed by atoms with Gasteiger partial charge in [-0.25, -0.2) is 9.59 Å². The second-order valence-electron chi connectivity index (χ2n) is 6.73. The van der Waals surface area contributed by atoms with Gasteiger partial charge in [-0.1, -0.05) is 55.6 Å². The SMILES string of the molecule is CC(O[Si](C)(C)C(C)(C)C)[C@H](NC(=O)OCC(Cl)(Cl)Cl)C(=O)O. The van der Waals surface area contributed by atoms with E-state index < -0.39 is 42.9 Å². The fourth-order valence-electron chi connectivity index (χ4n) is 1.41. The molecule has 0 aliphatic carbocycles. The Balaban J connectivity index is 4.86. The van der Waals surface area contributed by atoms with Crippen LogP contribution in [0.2, 0.25) is 18.1 Å². The maximum atomic E-state index is 11.7. The molecule has 0 aromatic carbocycles. The quantitative estimate of drug-likeness (QED) is 0.513. The van der Waals surface area contributed by atoms with Crippen LogP contribution in [0.5, 0.6) is 0 Å². The monoisotopic (exact) mass is 407 g/mol. The van der Waals surface area contributed by atoms with E-state index in [4.69, 9.17) is 39.2 Å². The van der Waals surface area contributed by atoms with Crippen molar-refractivity contribution in [1.82, 2.24) is 5.32 Å². The van der Waals surface area contributed by atoms with Gasteiger partial charge in [-0.15, -0.1) is 0 Å². The minimum absolute atomic E-state index is 0.0969. The molecule has 0 rings (SSSR count). The Morgan fingerprint density at radius 3 is 2.04 bits per heavy atom. The van der Waals surface area contributed by atoms with Gasteiger partial charge < -0.3 is 19.6 Å². The van der Waals surface area contributed by atoms with Gasteiger partial charge in [-0.05, 0) is 25.1 Å². The molecule has 0 saturated heterocycles. The van der Waals surface area contributed by atoms with Gasteiger partial charge in [0.2, 0.25) is 3.79 Å². The van der Waals surface area contributed by atoms with E-state index in [1.807, 2.05) is 33.9 Å². The molecule has 0 heterocycles. The Labute approximate surface area is 152 Å². The van der Waals surface area contributed by atoms with Gasteiger partial charge in [-0.3, -0.25) is 0 Å². The maximum absolute atomic E-state index is 11.7. The molecule has 0 spiro atoms. The molecule has 0 aliphatic heterocycles. The molecule has 10 heteroatoms. The number of alkyl carbamates (subject to hydrolysis) is 1. The summed E-state index contributed by atoms with van der Waals surface area (Å²) in [4.78, 5) is 23.1. The summed E-state index contributed by atoms with van der Waals surface area (Å²) in [7, 11) is -2.19. The third-order valence-electron chi connectivity index (χ3n) is 3.66. The molecule has 2 N–H and O–H groups in total. The number of halogens is 3. The minimum Gasteiger partial charge on any atom is -0.480 e. The zero-order valence-corrected chi connectivity index (χ0v) is 17.3. The summed E-state index contributed by atoms with van der Waals surface area (Å²) in [5, 5.41) is 11.4. The van der Waals surface area contributed by atoms with Gasteiger partial charge in [0.05, 0.1) is 6.10 Å². The molecular weight excluding hydrogens is 385 g/mol. The summed E-state index contributed by atoms with van der Waals surface area (Å²) in [5.74, 6) is -1.23. The molecule has 1 unspecified atom stereocenters. The van der Waals surface area contributed by atoms with Crippen LogP contribution in [0.1, 0.15) is 27.7 Å². The number of rotatable bonds is 6. The highest BCUT2D eigenvalue weighted by atomic mass is 35.6. The molecule has 2 atom stereocenters. The van der Waals surface area contributed by atoms with Crippen LogP contribution in [0.25, 0.3) is 0 Å². The third kappa shape index (κ3) is 8.44. The lowest BCUT2D eigenvalue weighted by molar-refractivity contribution is -0.141. The topological polar surface area (TPSA) is 84.9 Å². The van der Waals surface area contributed by atoms with Crippen molar-refractivity contribution in [2.45, 2.75) is 61.8 Å². The predicted octanol–water partition coefficient (Wildman–Crippen LogP) is 3.95. The molecule has 0 bridgehead atoms. The van der Waals surface area contributed by atoms with E-state index in [9.17, 15) is 14.7 Å². The van der Waals surface area contributed by atoms with Crippen LogP contribution in [-0.2, 0) is 14.0 Å². The summed E-state index contributed by atoms with van der Waals surface area (Å²) < 4.78 is 8.90. The first-order chi connectivity index (χ1) is 10.1. The average molecular weight is 409 g/mol. The van der Waals surface area contributed by atoms with E-state index in [2.05, 4.69) is 10.1 Å². The van der Waals surface area contributed by atoms with Crippen LogP contribution in [-0.4, -0.2) is 48.0 Å². The highest BCUT2D eigenvalue weighted by Gasteiger charge is 2.41. The first-order valence-corrected chi connectivity index (χ1v) is 11.0. The number of nitrogens with one attached hydrogen (secondary N) is 1. The number of hydrogen-bond acceptors (Lipinski definition) is 4. The molecule has 0 aromatic heterocycles. The van der Waals surface area contributed by atoms with Gasteiger partial charge in [0.25, 0.3) is 0 Å². The average Bonchev–Trinajstić information content (AvgIpc) is 2.29. The number of carboxylic acid groups (broad SMARTS) is 1. The van der Waals surface area contributed by atoms with Crippen LogP contribution in [0.15, 0.2) is 0 Å². The summed E-state index contributed by atoms with van der Waals surface area (Å²) in [5.41, 5.74) is 0.